The topological polar surface area (TPSA) is 71.7 Å². The first-order valence-corrected chi connectivity index (χ1v) is 9.27. The zero-order valence-electron chi connectivity index (χ0n) is 15.4. The van der Waals surface area contributed by atoms with Crippen molar-refractivity contribution >= 4 is 23.3 Å². The van der Waals surface area contributed by atoms with E-state index in [4.69, 9.17) is 11.6 Å². The van der Waals surface area contributed by atoms with Gasteiger partial charge in [-0.25, -0.2) is 4.39 Å². The minimum Gasteiger partial charge on any atom is -0.481 e. The van der Waals surface area contributed by atoms with Gasteiger partial charge in [-0.2, -0.15) is 0 Å². The van der Waals surface area contributed by atoms with E-state index >= 15 is 0 Å². The number of aliphatic imine (C=N–C) groups is 1. The molecule has 7 heteroatoms. The summed E-state index contributed by atoms with van der Waals surface area (Å²) in [5.74, 6) is -1.48. The van der Waals surface area contributed by atoms with Crippen LogP contribution < -0.4 is 5.56 Å². The van der Waals surface area contributed by atoms with E-state index in [-0.39, 0.29) is 12.0 Å². The van der Waals surface area contributed by atoms with E-state index in [1.807, 2.05) is 0 Å². The monoisotopic (exact) mass is 410 g/mol. The standard InChI is InChI=1S/C22H16ClFN2O3/c1-26-11-18-15-7-6-14(24)8-17(15)22(12-2-4-13(23)5-3-12)25-19(10-21(28)29)16(18)9-20(26)27/h2-9,11,19H,10H2,1H3,(H,28,29). The molecule has 2 aromatic carbocycles. The molecule has 0 aliphatic carbocycles. The van der Waals surface area contributed by atoms with Gasteiger partial charge in [0, 0.05) is 41.0 Å². The van der Waals surface area contributed by atoms with Crippen molar-refractivity contribution < 1.29 is 14.3 Å². The molecule has 1 aliphatic rings. The highest BCUT2D eigenvalue weighted by atomic mass is 35.5. The molecule has 0 radical (unpaired) electrons. The lowest BCUT2D eigenvalue weighted by atomic mass is 9.91. The second-order valence-electron chi connectivity index (χ2n) is 6.88. The number of rotatable bonds is 3. The van der Waals surface area contributed by atoms with Crippen LogP contribution in [-0.2, 0) is 11.8 Å². The molecular weight excluding hydrogens is 395 g/mol. The zero-order valence-corrected chi connectivity index (χ0v) is 16.2. The first kappa shape index (κ1) is 19.1. The number of halogens is 2. The van der Waals surface area contributed by atoms with Crippen LogP contribution in [0.3, 0.4) is 0 Å². The highest BCUT2D eigenvalue weighted by Gasteiger charge is 2.27. The minimum atomic E-state index is -1.04. The molecule has 29 heavy (non-hydrogen) atoms. The third-order valence-electron chi connectivity index (χ3n) is 4.92. The van der Waals surface area contributed by atoms with Crippen molar-refractivity contribution in [2.45, 2.75) is 12.5 Å². The molecule has 0 bridgehead atoms. The number of aryl methyl sites for hydroxylation is 1. The van der Waals surface area contributed by atoms with E-state index in [0.717, 1.165) is 0 Å². The van der Waals surface area contributed by atoms with Crippen LogP contribution in [0.2, 0.25) is 5.02 Å². The Hall–Kier alpha value is -3.25. The lowest BCUT2D eigenvalue weighted by molar-refractivity contribution is -0.137. The SMILES string of the molecule is Cn1cc2c(cc1=O)C(CC(=O)O)N=C(c1ccc(Cl)cc1)c1cc(F)ccc1-2. The van der Waals surface area contributed by atoms with Crippen LogP contribution in [0.4, 0.5) is 4.39 Å². The van der Waals surface area contributed by atoms with Crippen molar-refractivity contribution in [1.82, 2.24) is 4.57 Å². The smallest absolute Gasteiger partial charge is 0.305 e. The number of carboxylic acids is 1. The van der Waals surface area contributed by atoms with Crippen molar-refractivity contribution in [2.75, 3.05) is 0 Å². The highest BCUT2D eigenvalue weighted by Crippen LogP contribution is 2.38. The molecule has 1 aliphatic heterocycles. The second-order valence-corrected chi connectivity index (χ2v) is 7.32. The lowest BCUT2D eigenvalue weighted by Crippen LogP contribution is -2.18. The number of fused-ring (bicyclic) bond motifs is 3. The van der Waals surface area contributed by atoms with E-state index in [2.05, 4.69) is 4.99 Å². The number of carbonyl (C=O) groups is 1. The third-order valence-corrected chi connectivity index (χ3v) is 5.17. The number of hydrogen-bond donors (Lipinski definition) is 1. The Morgan fingerprint density at radius 2 is 1.86 bits per heavy atom. The fourth-order valence-electron chi connectivity index (χ4n) is 3.55. The van der Waals surface area contributed by atoms with E-state index < -0.39 is 17.8 Å². The molecule has 0 saturated carbocycles. The normalized spacial score (nSPS) is 15.1. The Morgan fingerprint density at radius 1 is 1.14 bits per heavy atom. The van der Waals surface area contributed by atoms with Gasteiger partial charge in [-0.3, -0.25) is 14.6 Å². The van der Waals surface area contributed by atoms with Crippen molar-refractivity contribution in [2.24, 2.45) is 12.0 Å². The molecule has 0 saturated heterocycles. The van der Waals surface area contributed by atoms with E-state index in [1.165, 1.54) is 22.8 Å². The number of carboxylic acid groups (broad SMARTS) is 1. The summed E-state index contributed by atoms with van der Waals surface area (Å²) in [7, 11) is 1.61. The van der Waals surface area contributed by atoms with Crippen molar-refractivity contribution in [3.05, 3.63) is 92.6 Å². The molecule has 1 aromatic heterocycles. The van der Waals surface area contributed by atoms with Gasteiger partial charge in [0.25, 0.3) is 5.56 Å². The summed E-state index contributed by atoms with van der Waals surface area (Å²) in [5, 5.41) is 9.97. The maximum absolute atomic E-state index is 14.2. The number of aromatic nitrogens is 1. The Labute approximate surface area is 170 Å². The van der Waals surface area contributed by atoms with Crippen molar-refractivity contribution in [1.29, 1.82) is 0 Å². The molecule has 146 valence electrons. The van der Waals surface area contributed by atoms with Gasteiger partial charge in [-0.1, -0.05) is 29.8 Å². The number of hydrogen-bond acceptors (Lipinski definition) is 3. The van der Waals surface area contributed by atoms with Gasteiger partial charge >= 0.3 is 5.97 Å². The minimum absolute atomic E-state index is 0.270. The van der Waals surface area contributed by atoms with Crippen LogP contribution >= 0.6 is 11.6 Å². The molecule has 1 unspecified atom stereocenters. The van der Waals surface area contributed by atoms with Crippen LogP contribution in [-0.4, -0.2) is 21.4 Å². The number of nitrogens with zero attached hydrogens (tertiary/aromatic N) is 2. The number of aliphatic carboxylic acids is 1. The van der Waals surface area contributed by atoms with Gasteiger partial charge in [0.05, 0.1) is 18.2 Å². The third kappa shape index (κ3) is 3.59. The Morgan fingerprint density at radius 3 is 2.55 bits per heavy atom. The average molecular weight is 411 g/mol. The summed E-state index contributed by atoms with van der Waals surface area (Å²) >= 11 is 6.00. The first-order valence-electron chi connectivity index (χ1n) is 8.90. The van der Waals surface area contributed by atoms with Crippen LogP contribution in [0, 0.1) is 5.82 Å². The Bertz CT molecular complexity index is 1220. The predicted octanol–water partition coefficient (Wildman–Crippen LogP) is 4.21. The predicted molar refractivity (Wildman–Crippen MR) is 109 cm³/mol. The number of benzene rings is 2. The molecule has 4 rings (SSSR count). The molecule has 1 atom stereocenters. The van der Waals surface area contributed by atoms with E-state index in [0.29, 0.717) is 38.6 Å². The van der Waals surface area contributed by atoms with Crippen molar-refractivity contribution in [3.8, 4) is 11.1 Å². The molecule has 2 heterocycles. The van der Waals surface area contributed by atoms with Crippen LogP contribution in [0.15, 0.2) is 64.5 Å². The van der Waals surface area contributed by atoms with Crippen LogP contribution in [0.5, 0.6) is 0 Å². The molecule has 1 N–H and O–H groups in total. The quantitative estimate of drug-likeness (QED) is 0.703. The van der Waals surface area contributed by atoms with Gasteiger partial charge in [0.1, 0.15) is 5.82 Å². The molecule has 0 fully saturated rings. The summed E-state index contributed by atoms with van der Waals surface area (Å²) < 4.78 is 15.6. The van der Waals surface area contributed by atoms with E-state index in [1.54, 1.807) is 43.6 Å². The zero-order chi connectivity index (χ0) is 20.7. The Kier molecular flexibility index (Phi) is 4.80. The second kappa shape index (κ2) is 7.29. The largest absolute Gasteiger partial charge is 0.481 e. The fourth-order valence-corrected chi connectivity index (χ4v) is 3.67. The highest BCUT2D eigenvalue weighted by molar-refractivity contribution is 6.30. The summed E-state index contributed by atoms with van der Waals surface area (Å²) in [6.07, 6.45) is 1.34. The molecule has 3 aromatic rings. The summed E-state index contributed by atoms with van der Waals surface area (Å²) in [4.78, 5) is 28.5. The van der Waals surface area contributed by atoms with Gasteiger partial charge in [-0.15, -0.1) is 0 Å². The van der Waals surface area contributed by atoms with Crippen molar-refractivity contribution in [3.63, 3.8) is 0 Å². The molecular formula is C22H16ClFN2O3. The average Bonchev–Trinajstić information content (AvgIpc) is 2.78. The summed E-state index contributed by atoms with van der Waals surface area (Å²) in [6, 6.07) is 11.8. The maximum Gasteiger partial charge on any atom is 0.305 e. The van der Waals surface area contributed by atoms with Crippen LogP contribution in [0.25, 0.3) is 11.1 Å². The first-order chi connectivity index (χ1) is 13.8. The number of pyridine rings is 1. The maximum atomic E-state index is 14.2. The summed E-state index contributed by atoms with van der Waals surface area (Å²) in [5.41, 5.74) is 3.23. The Balaban J connectivity index is 2.07. The van der Waals surface area contributed by atoms with Gasteiger partial charge < -0.3 is 9.67 Å². The van der Waals surface area contributed by atoms with Crippen LogP contribution in [0.1, 0.15) is 29.2 Å². The molecule has 0 spiro atoms. The summed E-state index contributed by atoms with van der Waals surface area (Å²) in [6.45, 7) is 0. The molecule has 0 amide bonds. The van der Waals surface area contributed by atoms with Gasteiger partial charge in [0.15, 0.2) is 0 Å². The lowest BCUT2D eigenvalue weighted by Gasteiger charge is -2.14. The van der Waals surface area contributed by atoms with E-state index in [9.17, 15) is 19.1 Å². The van der Waals surface area contributed by atoms with Gasteiger partial charge in [0.2, 0.25) is 0 Å². The molecule has 5 nitrogen and oxygen atoms in total. The van der Waals surface area contributed by atoms with Gasteiger partial charge in [-0.05, 0) is 35.4 Å². The fraction of sp³-hybridized carbons (Fsp3) is 0.136.